The number of Topliss-reactive ketones (excluding diaryl/α,β-unsaturated/α-hetero) is 1. The molecule has 7 aromatic rings. The fraction of sp³-hybridized carbons (Fsp3) is 0.122. The van der Waals surface area contributed by atoms with Gasteiger partial charge in [-0.3, -0.25) is 4.79 Å². The third-order valence-corrected chi connectivity index (χ3v) is 14.5. The normalized spacial score (nSPS) is 12.8. The van der Waals surface area contributed by atoms with E-state index < -0.39 is 66.8 Å². The van der Waals surface area contributed by atoms with Gasteiger partial charge in [0.05, 0.1) is 22.3 Å². The molecule has 0 spiro atoms. The molecule has 0 aliphatic heterocycles. The summed E-state index contributed by atoms with van der Waals surface area (Å²) in [6, 6.07) is 38.0. The van der Waals surface area contributed by atoms with Gasteiger partial charge in [0, 0.05) is 11.1 Å². The number of ketones is 1. The van der Waals surface area contributed by atoms with E-state index in [2.05, 4.69) is 0 Å². The summed E-state index contributed by atoms with van der Waals surface area (Å²) in [5, 5.41) is 0. The zero-order chi connectivity index (χ0) is 49.9. The van der Waals surface area contributed by atoms with E-state index >= 15 is 0 Å². The maximum atomic E-state index is 13.9. The highest BCUT2D eigenvalue weighted by Crippen LogP contribution is 2.39. The molecular formula is C49H32BCl3F12O2S. The lowest BCUT2D eigenvalue weighted by molar-refractivity contribution is -0.138. The molecule has 0 amide bonds. The molecule has 0 fully saturated rings. The van der Waals surface area contributed by atoms with E-state index in [0.717, 1.165) is 48.5 Å². The molecule has 0 unspecified atom stereocenters. The third kappa shape index (κ3) is 11.6. The number of alkyl halides is 15. The monoisotopic (exact) mass is 1030 g/mol. The van der Waals surface area contributed by atoms with Crippen LogP contribution in [-0.4, -0.2) is 17.7 Å². The van der Waals surface area contributed by atoms with Gasteiger partial charge < -0.3 is 0 Å². The summed E-state index contributed by atoms with van der Waals surface area (Å²) in [5.74, 6) is -0.364. The van der Waals surface area contributed by atoms with Gasteiger partial charge in [-0.05, 0) is 24.3 Å². The molecule has 0 bridgehead atoms. The highest BCUT2D eigenvalue weighted by Gasteiger charge is 2.40. The van der Waals surface area contributed by atoms with Gasteiger partial charge in [0.1, 0.15) is 6.15 Å². The Balaban J connectivity index is 0.000000244. The van der Waals surface area contributed by atoms with Crippen LogP contribution >= 0.6 is 34.8 Å². The van der Waals surface area contributed by atoms with Crippen molar-refractivity contribution in [3.05, 3.63) is 215 Å². The van der Waals surface area contributed by atoms with Gasteiger partial charge >= 0.3 is 24.7 Å². The molecular weight excluding hydrogens is 998 g/mol. The van der Waals surface area contributed by atoms with Crippen LogP contribution in [0.25, 0.3) is 0 Å². The van der Waals surface area contributed by atoms with Crippen LogP contribution in [-0.2, 0) is 42.6 Å². The lowest BCUT2D eigenvalue weighted by Crippen LogP contribution is -2.74. The zero-order valence-corrected chi connectivity index (χ0v) is 37.6. The standard InChI is InChI=1S/C28H16BF12.C21H16Cl3O2S/c30-25(31,32)17-1-9-21(10-2-17)29(22-11-3-18(4-12-22)26(33,34)35,23-13-5-19(6-14-23)27(36,37)38)24-15-7-20(8-16-24)28(39,40)41;22-21(23,24)17-13-11-16(12-14-17)20(25)15-27(26,18-7-3-1-4-8-18)19-9-5-2-6-10-19/h1-16H;1-14H,15H2/q-1;+1. The first-order valence-electron chi connectivity index (χ1n) is 19.8. The Bertz CT molecular complexity index is 2570. The molecule has 0 N–H and O–H groups in total. The van der Waals surface area contributed by atoms with Crippen molar-refractivity contribution in [1.29, 1.82) is 0 Å². The molecule has 0 heterocycles. The van der Waals surface area contributed by atoms with Crippen molar-refractivity contribution in [3.8, 4) is 0 Å². The van der Waals surface area contributed by atoms with Gasteiger partial charge in [-0.2, -0.15) is 74.5 Å². The van der Waals surface area contributed by atoms with Gasteiger partial charge in [-0.25, -0.2) is 0 Å². The Labute approximate surface area is 397 Å². The van der Waals surface area contributed by atoms with E-state index in [9.17, 15) is 61.7 Å². The maximum Gasteiger partial charge on any atom is 0.416 e. The predicted octanol–water partition coefficient (Wildman–Crippen LogP) is 13.5. The first-order chi connectivity index (χ1) is 31.6. The van der Waals surface area contributed by atoms with Crippen LogP contribution in [0.4, 0.5) is 52.7 Å². The van der Waals surface area contributed by atoms with E-state index in [0.29, 0.717) is 69.4 Å². The minimum absolute atomic E-state index is 0.0114. The second-order valence-electron chi connectivity index (χ2n) is 15.3. The zero-order valence-electron chi connectivity index (χ0n) is 34.5. The Morgan fingerprint density at radius 1 is 0.382 bits per heavy atom. The van der Waals surface area contributed by atoms with Crippen LogP contribution in [0.15, 0.2) is 192 Å². The molecule has 0 aliphatic rings. The van der Waals surface area contributed by atoms with E-state index in [4.69, 9.17) is 34.8 Å². The van der Waals surface area contributed by atoms with Gasteiger partial charge in [0.25, 0.3) is 0 Å². The third-order valence-electron chi connectivity index (χ3n) is 11.1. The van der Waals surface area contributed by atoms with Crippen molar-refractivity contribution < 1.29 is 61.7 Å². The van der Waals surface area contributed by atoms with E-state index in [-0.39, 0.29) is 33.4 Å². The topological polar surface area (TPSA) is 34.1 Å². The summed E-state index contributed by atoms with van der Waals surface area (Å²) in [4.78, 5) is 14.1. The molecule has 0 saturated heterocycles. The summed E-state index contributed by atoms with van der Waals surface area (Å²) in [6.45, 7) is 0. The molecule has 0 aromatic heterocycles. The Hall–Kier alpha value is -5.55. The molecule has 68 heavy (non-hydrogen) atoms. The lowest BCUT2D eigenvalue weighted by atomic mass is 9.13. The van der Waals surface area contributed by atoms with Crippen LogP contribution in [0.2, 0.25) is 0 Å². The molecule has 354 valence electrons. The number of hydrogen-bond donors (Lipinski definition) is 0. The average Bonchev–Trinajstić information content (AvgIpc) is 3.29. The highest BCUT2D eigenvalue weighted by molar-refractivity contribution is 8.03. The Kier molecular flexibility index (Phi) is 15.1. The van der Waals surface area contributed by atoms with Crippen molar-refractivity contribution in [2.24, 2.45) is 0 Å². The molecule has 0 atom stereocenters. The number of hydrogen-bond acceptors (Lipinski definition) is 2. The molecule has 0 saturated carbocycles. The second-order valence-corrected chi connectivity index (χ2v) is 20.2. The summed E-state index contributed by atoms with van der Waals surface area (Å²) < 4.78 is 172. The largest absolute Gasteiger partial charge is 0.416 e. The summed E-state index contributed by atoms with van der Waals surface area (Å²) in [6.07, 6.45) is -22.0. The van der Waals surface area contributed by atoms with Crippen molar-refractivity contribution >= 4 is 78.5 Å². The minimum atomic E-state index is -4.77. The van der Waals surface area contributed by atoms with Crippen molar-refractivity contribution in [3.63, 3.8) is 0 Å². The van der Waals surface area contributed by atoms with Crippen LogP contribution in [0.1, 0.15) is 38.2 Å². The number of halogens is 15. The van der Waals surface area contributed by atoms with Gasteiger partial charge in [0.2, 0.25) is 9.58 Å². The molecule has 2 nitrogen and oxygen atoms in total. The fourth-order valence-electron chi connectivity index (χ4n) is 7.69. The molecule has 7 aromatic carbocycles. The van der Waals surface area contributed by atoms with E-state index in [1.54, 1.807) is 48.5 Å². The van der Waals surface area contributed by atoms with Gasteiger partial charge in [0.15, 0.2) is 25.5 Å². The fourth-order valence-corrected chi connectivity index (χ4v) is 10.4. The summed E-state index contributed by atoms with van der Waals surface area (Å²) in [5.41, 5.74) is -3.40. The van der Waals surface area contributed by atoms with Crippen LogP contribution in [0.5, 0.6) is 0 Å². The summed E-state index contributed by atoms with van der Waals surface area (Å²) in [7, 11) is -2.76. The van der Waals surface area contributed by atoms with Gasteiger partial charge in [-0.15, -0.1) is 0 Å². The van der Waals surface area contributed by atoms with E-state index in [1.165, 1.54) is 0 Å². The first-order valence-corrected chi connectivity index (χ1v) is 22.7. The SMILES string of the molecule is FC(F)(F)c1ccc([B-](c2ccc(C(F)(F)F)cc2)(c2ccc(C(F)(F)F)cc2)c2ccc(C(F)(F)F)cc2)cc1.O=C(C[S+](=O)(c1ccccc1)c1ccccc1)c1ccc(C(Cl)(Cl)Cl)cc1. The molecule has 0 aliphatic carbocycles. The van der Waals surface area contributed by atoms with Crippen LogP contribution in [0.3, 0.4) is 0 Å². The van der Waals surface area contributed by atoms with Crippen LogP contribution in [0, 0.1) is 0 Å². The number of carbonyl (C=O) groups excluding carboxylic acids is 1. The number of benzene rings is 7. The smallest absolute Gasteiger partial charge is 0.289 e. The Morgan fingerprint density at radius 2 is 0.632 bits per heavy atom. The lowest BCUT2D eigenvalue weighted by Gasteiger charge is -2.44. The number of carbonyl (C=O) groups is 1. The van der Waals surface area contributed by atoms with Crippen molar-refractivity contribution in [1.82, 2.24) is 0 Å². The maximum absolute atomic E-state index is 13.9. The summed E-state index contributed by atoms with van der Waals surface area (Å²) >= 11 is 17.6. The van der Waals surface area contributed by atoms with Crippen molar-refractivity contribution in [2.75, 3.05) is 5.75 Å². The first kappa shape index (κ1) is 51.8. The molecule has 7 rings (SSSR count). The molecule has 19 heteroatoms. The van der Waals surface area contributed by atoms with Gasteiger partial charge in [-0.1, -0.05) is 197 Å². The number of rotatable bonds is 9. The van der Waals surface area contributed by atoms with Crippen LogP contribution < -0.4 is 21.9 Å². The highest BCUT2D eigenvalue weighted by atomic mass is 35.6. The average molecular weight is 1030 g/mol. The Morgan fingerprint density at radius 3 is 0.868 bits per heavy atom. The molecule has 0 radical (unpaired) electrons. The minimum Gasteiger partial charge on any atom is -0.289 e. The quantitative estimate of drug-likeness (QED) is 0.0475. The second kappa shape index (κ2) is 19.8. The van der Waals surface area contributed by atoms with E-state index in [1.807, 2.05) is 36.4 Å². The predicted molar refractivity (Wildman–Crippen MR) is 242 cm³/mol. The van der Waals surface area contributed by atoms with Crippen molar-refractivity contribution in [2.45, 2.75) is 38.3 Å².